The van der Waals surface area contributed by atoms with Gasteiger partial charge in [0.15, 0.2) is 0 Å². The molecule has 0 fully saturated rings. The van der Waals surface area contributed by atoms with Crippen LogP contribution in [0.1, 0.15) is 38.2 Å². The minimum atomic E-state index is 0.158. The average Bonchev–Trinajstić information content (AvgIpc) is 2.77. The Bertz CT molecular complexity index is 532. The van der Waals surface area contributed by atoms with Crippen molar-refractivity contribution in [3.05, 3.63) is 56.8 Å². The van der Waals surface area contributed by atoms with E-state index in [1.165, 1.54) is 4.88 Å². The lowest BCUT2D eigenvalue weighted by molar-refractivity contribution is 0.104. The molecule has 0 saturated carbocycles. The van der Waals surface area contributed by atoms with Gasteiger partial charge in [-0.05, 0) is 43.5 Å². The van der Waals surface area contributed by atoms with Crippen LogP contribution in [0.3, 0.4) is 0 Å². The smallest absolute Gasteiger partial charge is 0.203 e. The van der Waals surface area contributed by atoms with Gasteiger partial charge in [0, 0.05) is 10.4 Å². The number of ketones is 1. The van der Waals surface area contributed by atoms with Crippen molar-refractivity contribution in [1.29, 1.82) is 0 Å². The summed E-state index contributed by atoms with van der Waals surface area (Å²) in [5.41, 5.74) is 2.97. The number of carbonyl (C=O) groups excluding carboxylic acids is 1. The molecule has 0 aliphatic heterocycles. The lowest BCUT2D eigenvalue weighted by Gasteiger charge is -2.06. The first kappa shape index (κ1) is 12.1. The molecule has 0 aliphatic rings. The quantitative estimate of drug-likeness (QED) is 0.741. The van der Waals surface area contributed by atoms with Crippen molar-refractivity contribution >= 4 is 17.1 Å². The second-order valence-electron chi connectivity index (χ2n) is 4.22. The molecule has 2 aromatic rings. The van der Waals surface area contributed by atoms with Gasteiger partial charge >= 0.3 is 0 Å². The van der Waals surface area contributed by atoms with Gasteiger partial charge in [-0.1, -0.05) is 25.1 Å². The summed E-state index contributed by atoms with van der Waals surface area (Å²) in [5, 5.41) is 0. The number of rotatable bonds is 3. The van der Waals surface area contributed by atoms with Gasteiger partial charge in [-0.15, -0.1) is 11.3 Å². The van der Waals surface area contributed by atoms with Gasteiger partial charge in [-0.2, -0.15) is 0 Å². The first-order chi connectivity index (χ1) is 8.13. The fourth-order valence-electron chi connectivity index (χ4n) is 1.99. The van der Waals surface area contributed by atoms with Gasteiger partial charge < -0.3 is 0 Å². The van der Waals surface area contributed by atoms with Crippen molar-refractivity contribution in [3.63, 3.8) is 0 Å². The number of thiophene rings is 1. The zero-order valence-corrected chi connectivity index (χ0v) is 11.2. The Balaban J connectivity index is 2.43. The molecule has 0 atom stereocenters. The summed E-state index contributed by atoms with van der Waals surface area (Å²) in [5.74, 6) is 0.158. The van der Waals surface area contributed by atoms with E-state index in [9.17, 15) is 4.79 Å². The van der Waals surface area contributed by atoms with E-state index in [0.29, 0.717) is 0 Å². The Labute approximate surface area is 106 Å². The molecule has 1 nitrogen and oxygen atoms in total. The van der Waals surface area contributed by atoms with E-state index in [0.717, 1.165) is 28.0 Å². The molecule has 0 N–H and O–H groups in total. The van der Waals surface area contributed by atoms with Crippen LogP contribution in [0.15, 0.2) is 30.3 Å². The maximum Gasteiger partial charge on any atom is 0.203 e. The minimum Gasteiger partial charge on any atom is -0.288 e. The van der Waals surface area contributed by atoms with Crippen molar-refractivity contribution in [2.45, 2.75) is 27.2 Å². The van der Waals surface area contributed by atoms with Crippen LogP contribution in [0.25, 0.3) is 0 Å². The van der Waals surface area contributed by atoms with E-state index < -0.39 is 0 Å². The molecule has 88 valence electrons. The van der Waals surface area contributed by atoms with Crippen LogP contribution < -0.4 is 0 Å². The van der Waals surface area contributed by atoms with Gasteiger partial charge in [0.25, 0.3) is 0 Å². The van der Waals surface area contributed by atoms with E-state index in [1.807, 2.05) is 44.2 Å². The van der Waals surface area contributed by atoms with Crippen LogP contribution >= 0.6 is 11.3 Å². The Kier molecular flexibility index (Phi) is 3.43. The summed E-state index contributed by atoms with van der Waals surface area (Å²) in [6, 6.07) is 9.97. The topological polar surface area (TPSA) is 17.1 Å². The molecule has 0 saturated heterocycles. The molecular formula is C15H16OS. The molecule has 1 aromatic carbocycles. The zero-order valence-electron chi connectivity index (χ0n) is 10.4. The van der Waals surface area contributed by atoms with Crippen LogP contribution in [-0.2, 0) is 6.42 Å². The number of hydrogen-bond acceptors (Lipinski definition) is 2. The Morgan fingerprint density at radius 2 is 1.76 bits per heavy atom. The zero-order chi connectivity index (χ0) is 12.4. The monoisotopic (exact) mass is 244 g/mol. The third-order valence-corrected chi connectivity index (χ3v) is 4.17. The molecule has 0 spiro atoms. The number of benzene rings is 1. The lowest BCUT2D eigenvalue weighted by Crippen LogP contribution is -2.04. The highest BCUT2D eigenvalue weighted by Crippen LogP contribution is 2.23. The highest BCUT2D eigenvalue weighted by Gasteiger charge is 2.15. The van der Waals surface area contributed by atoms with E-state index >= 15 is 0 Å². The summed E-state index contributed by atoms with van der Waals surface area (Å²) in [6.07, 6.45) is 0.991. The summed E-state index contributed by atoms with van der Waals surface area (Å²) in [7, 11) is 0. The molecule has 0 amide bonds. The van der Waals surface area contributed by atoms with Gasteiger partial charge in [0.2, 0.25) is 5.78 Å². The van der Waals surface area contributed by atoms with Crippen LogP contribution in [0, 0.1) is 13.8 Å². The van der Waals surface area contributed by atoms with Crippen LogP contribution in [0.4, 0.5) is 0 Å². The minimum absolute atomic E-state index is 0.158. The van der Waals surface area contributed by atoms with E-state index in [4.69, 9.17) is 0 Å². The van der Waals surface area contributed by atoms with Crippen molar-refractivity contribution < 1.29 is 4.79 Å². The average molecular weight is 244 g/mol. The van der Waals surface area contributed by atoms with E-state index in [2.05, 4.69) is 6.92 Å². The van der Waals surface area contributed by atoms with Crippen molar-refractivity contribution in [1.82, 2.24) is 0 Å². The summed E-state index contributed by atoms with van der Waals surface area (Å²) >= 11 is 1.60. The Morgan fingerprint density at radius 3 is 2.29 bits per heavy atom. The van der Waals surface area contributed by atoms with Crippen LogP contribution in [-0.4, -0.2) is 5.78 Å². The second-order valence-corrected chi connectivity index (χ2v) is 5.38. The molecule has 1 aromatic heterocycles. The van der Waals surface area contributed by atoms with Gasteiger partial charge in [-0.25, -0.2) is 0 Å². The maximum atomic E-state index is 12.4. The molecule has 17 heavy (non-hydrogen) atoms. The van der Waals surface area contributed by atoms with Gasteiger partial charge in [0.05, 0.1) is 4.88 Å². The third kappa shape index (κ3) is 2.32. The van der Waals surface area contributed by atoms with Gasteiger partial charge in [-0.3, -0.25) is 4.79 Å². The van der Waals surface area contributed by atoms with Crippen molar-refractivity contribution in [2.75, 3.05) is 0 Å². The molecule has 2 rings (SSSR count). The fourth-order valence-corrected chi connectivity index (χ4v) is 2.88. The molecule has 0 unspecified atom stereocenters. The van der Waals surface area contributed by atoms with Crippen molar-refractivity contribution in [3.8, 4) is 0 Å². The SMILES string of the molecule is CCc1ccc(C(=O)c2c(C)cccc2C)s1. The van der Waals surface area contributed by atoms with E-state index in [1.54, 1.807) is 11.3 Å². The van der Waals surface area contributed by atoms with Crippen LogP contribution in [0.2, 0.25) is 0 Å². The first-order valence-corrected chi connectivity index (χ1v) is 6.64. The number of hydrogen-bond donors (Lipinski definition) is 0. The molecular weight excluding hydrogens is 228 g/mol. The van der Waals surface area contributed by atoms with E-state index in [-0.39, 0.29) is 5.78 Å². The highest BCUT2D eigenvalue weighted by atomic mass is 32.1. The fraction of sp³-hybridized carbons (Fsp3) is 0.267. The largest absolute Gasteiger partial charge is 0.288 e. The van der Waals surface area contributed by atoms with Crippen molar-refractivity contribution in [2.24, 2.45) is 0 Å². The molecule has 1 heterocycles. The predicted octanol–water partition coefficient (Wildman–Crippen LogP) is 4.16. The highest BCUT2D eigenvalue weighted by molar-refractivity contribution is 7.14. The number of carbonyl (C=O) groups is 1. The molecule has 2 heteroatoms. The summed E-state index contributed by atoms with van der Waals surface area (Å²) in [4.78, 5) is 14.5. The van der Waals surface area contributed by atoms with Crippen LogP contribution in [0.5, 0.6) is 0 Å². The standard InChI is InChI=1S/C15H16OS/c1-4-12-8-9-13(17-12)15(16)14-10(2)6-5-7-11(14)3/h5-9H,4H2,1-3H3. The molecule has 0 radical (unpaired) electrons. The lowest BCUT2D eigenvalue weighted by atomic mass is 9.98. The Morgan fingerprint density at radius 1 is 1.12 bits per heavy atom. The predicted molar refractivity (Wildman–Crippen MR) is 73.0 cm³/mol. The Hall–Kier alpha value is -1.41. The summed E-state index contributed by atoms with van der Waals surface area (Å²) in [6.45, 7) is 6.10. The maximum absolute atomic E-state index is 12.4. The van der Waals surface area contributed by atoms with Gasteiger partial charge in [0.1, 0.15) is 0 Å². The second kappa shape index (κ2) is 4.84. The molecule has 0 aliphatic carbocycles. The normalized spacial score (nSPS) is 10.5. The first-order valence-electron chi connectivity index (χ1n) is 5.83. The summed E-state index contributed by atoms with van der Waals surface area (Å²) < 4.78 is 0. The number of aryl methyl sites for hydroxylation is 3. The third-order valence-electron chi connectivity index (χ3n) is 2.94. The molecule has 0 bridgehead atoms.